The van der Waals surface area contributed by atoms with Gasteiger partial charge >= 0.3 is 5.97 Å². The topological polar surface area (TPSA) is 98.5 Å². The van der Waals surface area contributed by atoms with Gasteiger partial charge in [-0.3, -0.25) is 19.7 Å². The fourth-order valence-corrected chi connectivity index (χ4v) is 2.85. The maximum atomic E-state index is 12.0. The molecule has 0 aliphatic heterocycles. The molecule has 2 aromatic rings. The van der Waals surface area contributed by atoms with Gasteiger partial charge in [-0.1, -0.05) is 24.3 Å². The first-order chi connectivity index (χ1) is 12.4. The van der Waals surface area contributed by atoms with Crippen molar-refractivity contribution in [1.29, 1.82) is 0 Å². The predicted octanol–water partition coefficient (Wildman–Crippen LogP) is 3.49. The SMILES string of the molecule is Cc1ccc([N+](=O)[O-])c(NC(=O)COC(=O)CSc2ccccc2)c1C. The van der Waals surface area contributed by atoms with Crippen molar-refractivity contribution in [2.24, 2.45) is 0 Å². The third-order valence-corrected chi connectivity index (χ3v) is 4.62. The second-order valence-electron chi connectivity index (χ2n) is 5.47. The van der Waals surface area contributed by atoms with Crippen LogP contribution in [0.4, 0.5) is 11.4 Å². The summed E-state index contributed by atoms with van der Waals surface area (Å²) in [6.07, 6.45) is 0. The lowest BCUT2D eigenvalue weighted by atomic mass is 10.1. The first kappa shape index (κ1) is 19.5. The van der Waals surface area contributed by atoms with Gasteiger partial charge in [0.1, 0.15) is 5.69 Å². The van der Waals surface area contributed by atoms with Crippen LogP contribution in [0.2, 0.25) is 0 Å². The van der Waals surface area contributed by atoms with Crippen LogP contribution < -0.4 is 5.32 Å². The molecular formula is C18H18N2O5S. The van der Waals surface area contributed by atoms with Crippen LogP contribution >= 0.6 is 11.8 Å². The van der Waals surface area contributed by atoms with E-state index >= 15 is 0 Å². The molecule has 0 aliphatic carbocycles. The highest BCUT2D eigenvalue weighted by molar-refractivity contribution is 8.00. The Morgan fingerprint density at radius 2 is 1.85 bits per heavy atom. The Morgan fingerprint density at radius 3 is 2.50 bits per heavy atom. The minimum absolute atomic E-state index is 0.0704. The minimum atomic E-state index is -0.625. The van der Waals surface area contributed by atoms with Gasteiger partial charge in [-0.05, 0) is 37.1 Å². The summed E-state index contributed by atoms with van der Waals surface area (Å²) in [5.41, 5.74) is 1.32. The lowest BCUT2D eigenvalue weighted by molar-refractivity contribution is -0.384. The van der Waals surface area contributed by atoms with Crippen LogP contribution in [-0.4, -0.2) is 29.2 Å². The van der Waals surface area contributed by atoms with Crippen LogP contribution in [0.15, 0.2) is 47.4 Å². The van der Waals surface area contributed by atoms with Gasteiger partial charge in [0.05, 0.1) is 10.7 Å². The number of hydrogen-bond acceptors (Lipinski definition) is 6. The summed E-state index contributed by atoms with van der Waals surface area (Å²) in [5, 5.41) is 13.6. The summed E-state index contributed by atoms with van der Waals surface area (Å²) >= 11 is 1.30. The number of nitro groups is 1. The number of aryl methyl sites for hydroxylation is 1. The van der Waals surface area contributed by atoms with Crippen molar-refractivity contribution in [1.82, 2.24) is 0 Å². The Morgan fingerprint density at radius 1 is 1.15 bits per heavy atom. The molecule has 0 heterocycles. The molecule has 0 saturated heterocycles. The van der Waals surface area contributed by atoms with Gasteiger partial charge < -0.3 is 10.1 Å². The van der Waals surface area contributed by atoms with Crippen LogP contribution in [0.5, 0.6) is 0 Å². The first-order valence-corrected chi connectivity index (χ1v) is 8.75. The number of carbonyl (C=O) groups excluding carboxylic acids is 2. The Bertz CT molecular complexity index is 824. The summed E-state index contributed by atoms with van der Waals surface area (Å²) in [7, 11) is 0. The Balaban J connectivity index is 1.90. The highest BCUT2D eigenvalue weighted by Crippen LogP contribution is 2.30. The van der Waals surface area contributed by atoms with Crippen LogP contribution in [-0.2, 0) is 14.3 Å². The Kier molecular flexibility index (Phi) is 6.74. The van der Waals surface area contributed by atoms with E-state index in [9.17, 15) is 19.7 Å². The molecule has 1 N–H and O–H groups in total. The van der Waals surface area contributed by atoms with E-state index in [0.717, 1.165) is 10.5 Å². The van der Waals surface area contributed by atoms with Crippen molar-refractivity contribution in [3.05, 3.63) is 63.7 Å². The molecule has 0 aromatic heterocycles. The van der Waals surface area contributed by atoms with Crippen molar-refractivity contribution in [3.63, 3.8) is 0 Å². The molecule has 7 nitrogen and oxygen atoms in total. The summed E-state index contributed by atoms with van der Waals surface area (Å²) < 4.78 is 4.93. The first-order valence-electron chi connectivity index (χ1n) is 7.76. The number of ether oxygens (including phenoxy) is 1. The van der Waals surface area contributed by atoms with Crippen molar-refractivity contribution in [2.45, 2.75) is 18.7 Å². The molecule has 0 radical (unpaired) electrons. The van der Waals surface area contributed by atoms with Crippen molar-refractivity contribution in [3.8, 4) is 0 Å². The summed E-state index contributed by atoms with van der Waals surface area (Å²) in [5.74, 6) is -1.09. The number of nitro benzene ring substituents is 1. The van der Waals surface area contributed by atoms with Crippen LogP contribution in [0, 0.1) is 24.0 Å². The van der Waals surface area contributed by atoms with Crippen molar-refractivity contribution in [2.75, 3.05) is 17.7 Å². The average Bonchev–Trinajstić information content (AvgIpc) is 2.62. The largest absolute Gasteiger partial charge is 0.455 e. The molecule has 0 saturated carbocycles. The van der Waals surface area contributed by atoms with Crippen LogP contribution in [0.25, 0.3) is 0 Å². The minimum Gasteiger partial charge on any atom is -0.455 e. The monoisotopic (exact) mass is 374 g/mol. The predicted molar refractivity (Wildman–Crippen MR) is 99.3 cm³/mol. The van der Waals surface area contributed by atoms with E-state index < -0.39 is 23.4 Å². The molecular weight excluding hydrogens is 356 g/mol. The highest BCUT2D eigenvalue weighted by atomic mass is 32.2. The van der Waals surface area contributed by atoms with Gasteiger partial charge in [0.2, 0.25) is 0 Å². The van der Waals surface area contributed by atoms with Gasteiger partial charge in [0.15, 0.2) is 6.61 Å². The fourth-order valence-electron chi connectivity index (χ4n) is 2.13. The number of esters is 1. The second-order valence-corrected chi connectivity index (χ2v) is 6.52. The summed E-state index contributed by atoms with van der Waals surface area (Å²) in [4.78, 5) is 35.2. The highest BCUT2D eigenvalue weighted by Gasteiger charge is 2.20. The number of rotatable bonds is 7. The molecule has 2 aromatic carbocycles. The molecule has 26 heavy (non-hydrogen) atoms. The molecule has 136 valence electrons. The average molecular weight is 374 g/mol. The molecule has 0 bridgehead atoms. The van der Waals surface area contributed by atoms with E-state index in [1.165, 1.54) is 17.8 Å². The van der Waals surface area contributed by atoms with Crippen molar-refractivity contribution >= 4 is 35.0 Å². The Hall–Kier alpha value is -2.87. The molecule has 0 aliphatic rings. The number of benzene rings is 2. The molecule has 1 amide bonds. The standard InChI is InChI=1S/C18H18N2O5S/c1-12-8-9-15(20(23)24)18(13(12)2)19-16(21)10-25-17(22)11-26-14-6-4-3-5-7-14/h3-9H,10-11H2,1-2H3,(H,19,21). The lowest BCUT2D eigenvalue weighted by Crippen LogP contribution is -2.22. The van der Waals surface area contributed by atoms with Crippen LogP contribution in [0.1, 0.15) is 11.1 Å². The molecule has 0 atom stereocenters. The van der Waals surface area contributed by atoms with Gasteiger partial charge in [-0.15, -0.1) is 11.8 Å². The third-order valence-electron chi connectivity index (χ3n) is 3.64. The van der Waals surface area contributed by atoms with E-state index in [0.29, 0.717) is 5.56 Å². The molecule has 8 heteroatoms. The van der Waals surface area contributed by atoms with Gasteiger partial charge in [0.25, 0.3) is 11.6 Å². The molecule has 0 spiro atoms. The maximum absolute atomic E-state index is 12.0. The number of anilines is 1. The van der Waals surface area contributed by atoms with Gasteiger partial charge in [0, 0.05) is 11.0 Å². The van der Waals surface area contributed by atoms with E-state index in [4.69, 9.17) is 4.74 Å². The summed E-state index contributed by atoms with van der Waals surface area (Å²) in [6, 6.07) is 12.3. The molecule has 0 unspecified atom stereocenters. The smallest absolute Gasteiger partial charge is 0.316 e. The quantitative estimate of drug-likeness (QED) is 0.345. The van der Waals surface area contributed by atoms with E-state index in [1.807, 2.05) is 30.3 Å². The van der Waals surface area contributed by atoms with E-state index in [-0.39, 0.29) is 17.1 Å². The molecule has 0 fully saturated rings. The third kappa shape index (κ3) is 5.32. The Labute approximate surface area is 154 Å². The second kappa shape index (κ2) is 9.00. The number of hydrogen-bond donors (Lipinski definition) is 1. The maximum Gasteiger partial charge on any atom is 0.316 e. The number of nitrogens with zero attached hydrogens (tertiary/aromatic N) is 1. The van der Waals surface area contributed by atoms with Gasteiger partial charge in [-0.25, -0.2) is 0 Å². The van der Waals surface area contributed by atoms with E-state index in [2.05, 4.69) is 5.32 Å². The zero-order valence-corrected chi connectivity index (χ0v) is 15.2. The van der Waals surface area contributed by atoms with Crippen molar-refractivity contribution < 1.29 is 19.2 Å². The number of carbonyl (C=O) groups is 2. The lowest BCUT2D eigenvalue weighted by Gasteiger charge is -2.11. The van der Waals surface area contributed by atoms with Gasteiger partial charge in [-0.2, -0.15) is 0 Å². The summed E-state index contributed by atoms with van der Waals surface area (Å²) in [6.45, 7) is 2.97. The number of nitrogens with one attached hydrogen (secondary N) is 1. The zero-order valence-electron chi connectivity index (χ0n) is 14.4. The fraction of sp³-hybridized carbons (Fsp3) is 0.222. The zero-order chi connectivity index (χ0) is 19.1. The number of amides is 1. The normalized spacial score (nSPS) is 10.2. The number of thioether (sulfide) groups is 1. The van der Waals surface area contributed by atoms with Crippen LogP contribution in [0.3, 0.4) is 0 Å². The van der Waals surface area contributed by atoms with E-state index in [1.54, 1.807) is 19.9 Å². The molecule has 2 rings (SSSR count).